The lowest BCUT2D eigenvalue weighted by atomic mass is 10.1. The first-order chi connectivity index (χ1) is 11.6. The predicted octanol–water partition coefficient (Wildman–Crippen LogP) is 1.29. The molecule has 1 aromatic heterocycles. The first-order valence-corrected chi connectivity index (χ1v) is 8.02. The molecule has 0 atom stereocenters. The monoisotopic (exact) mass is 332 g/mol. The molecule has 0 spiro atoms. The van der Waals surface area contributed by atoms with E-state index in [2.05, 4.69) is 15.3 Å². The van der Waals surface area contributed by atoms with Gasteiger partial charge < -0.3 is 10.1 Å². The van der Waals surface area contributed by atoms with Crippen molar-refractivity contribution in [2.24, 2.45) is 7.05 Å². The van der Waals surface area contributed by atoms with Crippen molar-refractivity contribution in [3.63, 3.8) is 0 Å². The molecule has 0 aliphatic carbocycles. The lowest BCUT2D eigenvalue weighted by Crippen LogP contribution is -2.41. The summed E-state index contributed by atoms with van der Waals surface area (Å²) in [6.07, 6.45) is 0. The first kappa shape index (κ1) is 16.6. The van der Waals surface area contributed by atoms with E-state index in [1.165, 1.54) is 12.1 Å². The Kier molecular flexibility index (Phi) is 5.22. The second kappa shape index (κ2) is 7.55. The number of amides is 1. The van der Waals surface area contributed by atoms with E-state index in [-0.39, 0.29) is 11.7 Å². The molecule has 1 amide bonds. The van der Waals surface area contributed by atoms with Gasteiger partial charge in [-0.3, -0.25) is 14.4 Å². The van der Waals surface area contributed by atoms with Crippen molar-refractivity contribution in [1.29, 1.82) is 0 Å². The van der Waals surface area contributed by atoms with Crippen LogP contribution in [0.2, 0.25) is 0 Å². The number of aryl methyl sites for hydroxylation is 1. The minimum Gasteiger partial charge on any atom is -0.379 e. The molecule has 0 radical (unpaired) electrons. The highest BCUT2D eigenvalue weighted by Crippen LogP contribution is 2.19. The standard InChI is InChI=1S/C17H21FN4O2/c1-21-16(12-15(20-21)13-2-4-14(18)5-3-13)17(23)19-6-7-22-8-10-24-11-9-22/h2-5,12H,6-11H2,1H3,(H,19,23). The van der Waals surface area contributed by atoms with Crippen molar-refractivity contribution in [3.05, 3.63) is 41.8 Å². The summed E-state index contributed by atoms with van der Waals surface area (Å²) < 4.78 is 19.9. The minimum atomic E-state index is -0.296. The molecule has 1 aliphatic rings. The van der Waals surface area contributed by atoms with E-state index in [0.29, 0.717) is 17.9 Å². The van der Waals surface area contributed by atoms with Gasteiger partial charge in [-0.25, -0.2) is 4.39 Å². The van der Waals surface area contributed by atoms with Gasteiger partial charge in [0.25, 0.3) is 5.91 Å². The number of carbonyl (C=O) groups is 1. The topological polar surface area (TPSA) is 59.4 Å². The van der Waals surface area contributed by atoms with Crippen LogP contribution in [0.5, 0.6) is 0 Å². The zero-order valence-corrected chi connectivity index (χ0v) is 13.7. The van der Waals surface area contributed by atoms with Gasteiger partial charge in [-0.15, -0.1) is 0 Å². The second-order valence-electron chi connectivity index (χ2n) is 5.76. The molecule has 24 heavy (non-hydrogen) atoms. The summed E-state index contributed by atoms with van der Waals surface area (Å²) in [4.78, 5) is 14.6. The van der Waals surface area contributed by atoms with E-state index in [0.717, 1.165) is 38.4 Å². The van der Waals surface area contributed by atoms with Gasteiger partial charge in [0, 0.05) is 38.8 Å². The van der Waals surface area contributed by atoms with E-state index < -0.39 is 0 Å². The van der Waals surface area contributed by atoms with Gasteiger partial charge in [-0.05, 0) is 30.3 Å². The van der Waals surface area contributed by atoms with Crippen molar-refractivity contribution in [2.45, 2.75) is 0 Å². The van der Waals surface area contributed by atoms with E-state index in [1.54, 1.807) is 29.9 Å². The molecule has 1 saturated heterocycles. The van der Waals surface area contributed by atoms with Gasteiger partial charge in [0.15, 0.2) is 0 Å². The van der Waals surface area contributed by atoms with Crippen LogP contribution in [-0.4, -0.2) is 60.0 Å². The molecule has 128 valence electrons. The zero-order chi connectivity index (χ0) is 16.9. The van der Waals surface area contributed by atoms with Gasteiger partial charge in [0.1, 0.15) is 11.5 Å². The normalized spacial score (nSPS) is 15.4. The van der Waals surface area contributed by atoms with Crippen LogP contribution < -0.4 is 5.32 Å². The SMILES string of the molecule is Cn1nc(-c2ccc(F)cc2)cc1C(=O)NCCN1CCOCC1. The molecule has 0 bridgehead atoms. The summed E-state index contributed by atoms with van der Waals surface area (Å²) in [6, 6.07) is 7.78. The quantitative estimate of drug-likeness (QED) is 0.896. The number of ether oxygens (including phenoxy) is 1. The summed E-state index contributed by atoms with van der Waals surface area (Å²) in [5, 5.41) is 7.25. The van der Waals surface area contributed by atoms with Gasteiger partial charge in [-0.1, -0.05) is 0 Å². The maximum Gasteiger partial charge on any atom is 0.269 e. The average molecular weight is 332 g/mol. The Morgan fingerprint density at radius 3 is 2.71 bits per heavy atom. The lowest BCUT2D eigenvalue weighted by molar-refractivity contribution is 0.0383. The summed E-state index contributed by atoms with van der Waals surface area (Å²) in [5.74, 6) is -0.456. The van der Waals surface area contributed by atoms with Crippen LogP contribution in [-0.2, 0) is 11.8 Å². The summed E-state index contributed by atoms with van der Waals surface area (Å²) >= 11 is 0. The Balaban J connectivity index is 1.59. The van der Waals surface area contributed by atoms with Crippen LogP contribution in [0.4, 0.5) is 4.39 Å². The molecule has 1 aliphatic heterocycles. The zero-order valence-electron chi connectivity index (χ0n) is 13.7. The Bertz CT molecular complexity index is 693. The maximum absolute atomic E-state index is 13.0. The Hall–Kier alpha value is -2.25. The number of rotatable bonds is 5. The maximum atomic E-state index is 13.0. The summed E-state index contributed by atoms with van der Waals surface area (Å²) in [7, 11) is 1.73. The van der Waals surface area contributed by atoms with E-state index in [9.17, 15) is 9.18 Å². The molecule has 0 unspecified atom stereocenters. The van der Waals surface area contributed by atoms with Crippen LogP contribution in [0, 0.1) is 5.82 Å². The Morgan fingerprint density at radius 1 is 1.29 bits per heavy atom. The third kappa shape index (κ3) is 3.98. The third-order valence-corrected chi connectivity index (χ3v) is 4.07. The Labute approximate surface area is 140 Å². The molecule has 2 aromatic rings. The molecule has 1 N–H and O–H groups in total. The number of carbonyl (C=O) groups excluding carboxylic acids is 1. The summed E-state index contributed by atoms with van der Waals surface area (Å²) in [6.45, 7) is 4.67. The van der Waals surface area contributed by atoms with Crippen LogP contribution in [0.15, 0.2) is 30.3 Å². The number of hydrogen-bond acceptors (Lipinski definition) is 4. The number of hydrogen-bond donors (Lipinski definition) is 1. The molecule has 1 fully saturated rings. The Morgan fingerprint density at radius 2 is 2.00 bits per heavy atom. The van der Waals surface area contributed by atoms with Crippen molar-refractivity contribution < 1.29 is 13.9 Å². The highest BCUT2D eigenvalue weighted by molar-refractivity contribution is 5.93. The fraction of sp³-hybridized carbons (Fsp3) is 0.412. The number of nitrogens with one attached hydrogen (secondary N) is 1. The molecule has 0 saturated carbocycles. The van der Waals surface area contributed by atoms with Crippen LogP contribution >= 0.6 is 0 Å². The fourth-order valence-electron chi connectivity index (χ4n) is 2.68. The fourth-order valence-corrected chi connectivity index (χ4v) is 2.68. The van der Waals surface area contributed by atoms with Gasteiger partial charge >= 0.3 is 0 Å². The van der Waals surface area contributed by atoms with E-state index in [4.69, 9.17) is 4.74 Å². The van der Waals surface area contributed by atoms with Crippen LogP contribution in [0.3, 0.4) is 0 Å². The average Bonchev–Trinajstić information content (AvgIpc) is 2.98. The largest absolute Gasteiger partial charge is 0.379 e. The number of morpholine rings is 1. The first-order valence-electron chi connectivity index (χ1n) is 8.02. The molecule has 1 aromatic carbocycles. The molecule has 6 nitrogen and oxygen atoms in total. The number of aromatic nitrogens is 2. The van der Waals surface area contributed by atoms with Crippen molar-refractivity contribution in [2.75, 3.05) is 39.4 Å². The van der Waals surface area contributed by atoms with Crippen molar-refractivity contribution in [3.8, 4) is 11.3 Å². The minimum absolute atomic E-state index is 0.161. The highest BCUT2D eigenvalue weighted by atomic mass is 19.1. The smallest absolute Gasteiger partial charge is 0.269 e. The number of nitrogens with zero attached hydrogens (tertiary/aromatic N) is 3. The van der Waals surface area contributed by atoms with Crippen molar-refractivity contribution >= 4 is 5.91 Å². The molecular weight excluding hydrogens is 311 g/mol. The van der Waals surface area contributed by atoms with Gasteiger partial charge in [-0.2, -0.15) is 5.10 Å². The molecule has 2 heterocycles. The predicted molar refractivity (Wildman–Crippen MR) is 88.2 cm³/mol. The van der Waals surface area contributed by atoms with E-state index in [1.807, 2.05) is 0 Å². The lowest BCUT2D eigenvalue weighted by Gasteiger charge is -2.26. The second-order valence-corrected chi connectivity index (χ2v) is 5.76. The van der Waals surface area contributed by atoms with Crippen LogP contribution in [0.1, 0.15) is 10.5 Å². The summed E-state index contributed by atoms with van der Waals surface area (Å²) in [5.41, 5.74) is 1.91. The van der Waals surface area contributed by atoms with Gasteiger partial charge in [0.05, 0.1) is 18.9 Å². The molecular formula is C17H21FN4O2. The van der Waals surface area contributed by atoms with Gasteiger partial charge in [0.2, 0.25) is 0 Å². The van der Waals surface area contributed by atoms with E-state index >= 15 is 0 Å². The molecule has 3 rings (SSSR count). The number of benzene rings is 1. The molecule has 7 heteroatoms. The highest BCUT2D eigenvalue weighted by Gasteiger charge is 2.15. The number of halogens is 1. The van der Waals surface area contributed by atoms with Crippen molar-refractivity contribution in [1.82, 2.24) is 20.0 Å². The third-order valence-electron chi connectivity index (χ3n) is 4.07. The van der Waals surface area contributed by atoms with Crippen LogP contribution in [0.25, 0.3) is 11.3 Å².